The van der Waals surface area contributed by atoms with Crippen LogP contribution < -0.4 is 0 Å². The van der Waals surface area contributed by atoms with Crippen molar-refractivity contribution in [3.05, 3.63) is 35.9 Å². The number of benzene rings is 1. The Morgan fingerprint density at radius 2 is 2.13 bits per heavy atom. The fourth-order valence-electron chi connectivity index (χ4n) is 1.23. The van der Waals surface area contributed by atoms with E-state index in [-0.39, 0.29) is 12.7 Å². The molecule has 1 heterocycles. The molecule has 0 bridgehead atoms. The van der Waals surface area contributed by atoms with E-state index in [1.54, 1.807) is 24.3 Å². The average molecular weight is 206 g/mol. The number of hydrogen-bond donors (Lipinski definition) is 0. The minimum atomic E-state index is -0.395. The van der Waals surface area contributed by atoms with Crippen molar-refractivity contribution in [2.45, 2.75) is 12.2 Å². The molecule has 4 nitrogen and oxygen atoms in total. The zero-order valence-corrected chi connectivity index (χ0v) is 7.96. The summed E-state index contributed by atoms with van der Waals surface area (Å²) >= 11 is 0. The number of carbonyl (C=O) groups is 2. The van der Waals surface area contributed by atoms with Gasteiger partial charge in [0.2, 0.25) is 0 Å². The molecule has 2 rings (SSSR count). The van der Waals surface area contributed by atoms with Gasteiger partial charge in [0.1, 0.15) is 18.8 Å². The van der Waals surface area contributed by atoms with Gasteiger partial charge in [0.05, 0.1) is 5.56 Å². The predicted octanol–water partition coefficient (Wildman–Crippen LogP) is 0.810. The number of aldehydes is 1. The molecule has 1 aromatic rings. The van der Waals surface area contributed by atoms with E-state index < -0.39 is 12.1 Å². The van der Waals surface area contributed by atoms with Crippen LogP contribution in [0.4, 0.5) is 0 Å². The molecule has 0 aliphatic carbocycles. The molecule has 0 amide bonds. The Hall–Kier alpha value is -1.68. The number of carbonyl (C=O) groups excluding carboxylic acids is 2. The molecule has 1 aliphatic rings. The van der Waals surface area contributed by atoms with Crippen LogP contribution in [-0.2, 0) is 14.3 Å². The molecular weight excluding hydrogens is 196 g/mol. The highest BCUT2D eigenvalue weighted by atomic mass is 16.6. The molecule has 2 atom stereocenters. The zero-order valence-electron chi connectivity index (χ0n) is 7.96. The summed E-state index contributed by atoms with van der Waals surface area (Å²) in [6.45, 7) is 0.136. The van der Waals surface area contributed by atoms with Crippen molar-refractivity contribution in [3.8, 4) is 0 Å². The molecule has 4 heteroatoms. The first-order valence-corrected chi connectivity index (χ1v) is 4.64. The molecule has 1 aromatic carbocycles. The number of rotatable bonds is 4. The summed E-state index contributed by atoms with van der Waals surface area (Å²) in [5.41, 5.74) is 0.501. The average Bonchev–Trinajstić information content (AvgIpc) is 3.06. The maximum Gasteiger partial charge on any atom is 0.338 e. The van der Waals surface area contributed by atoms with Crippen molar-refractivity contribution >= 4 is 12.3 Å². The van der Waals surface area contributed by atoms with Crippen LogP contribution in [0.3, 0.4) is 0 Å². The first-order chi connectivity index (χ1) is 7.31. The predicted molar refractivity (Wildman–Crippen MR) is 51.4 cm³/mol. The van der Waals surface area contributed by atoms with Gasteiger partial charge in [-0.1, -0.05) is 18.2 Å². The molecule has 0 spiro atoms. The van der Waals surface area contributed by atoms with Gasteiger partial charge in [0.25, 0.3) is 0 Å². The van der Waals surface area contributed by atoms with Gasteiger partial charge in [0, 0.05) is 0 Å². The summed E-state index contributed by atoms with van der Waals surface area (Å²) in [4.78, 5) is 21.6. The smallest absolute Gasteiger partial charge is 0.338 e. The van der Waals surface area contributed by atoms with Crippen LogP contribution >= 0.6 is 0 Å². The van der Waals surface area contributed by atoms with E-state index in [9.17, 15) is 9.59 Å². The summed E-state index contributed by atoms with van der Waals surface area (Å²) in [5, 5.41) is 0. The van der Waals surface area contributed by atoms with Crippen LogP contribution in [0.2, 0.25) is 0 Å². The molecule has 0 saturated carbocycles. The third-order valence-electron chi connectivity index (χ3n) is 2.14. The largest absolute Gasteiger partial charge is 0.459 e. The fourth-order valence-corrected chi connectivity index (χ4v) is 1.23. The van der Waals surface area contributed by atoms with Gasteiger partial charge >= 0.3 is 5.97 Å². The lowest BCUT2D eigenvalue weighted by Gasteiger charge is -2.01. The second-order valence-corrected chi connectivity index (χ2v) is 3.24. The first kappa shape index (κ1) is 9.86. The SMILES string of the molecule is O=C[C@@H]1O[C@H]1COC(=O)c1ccccc1. The third kappa shape index (κ3) is 2.41. The van der Waals surface area contributed by atoms with Gasteiger partial charge in [0.15, 0.2) is 6.29 Å². The van der Waals surface area contributed by atoms with E-state index >= 15 is 0 Å². The number of epoxide rings is 1. The van der Waals surface area contributed by atoms with Crippen LogP contribution in [0.25, 0.3) is 0 Å². The highest BCUT2D eigenvalue weighted by molar-refractivity contribution is 5.89. The fraction of sp³-hybridized carbons (Fsp3) is 0.273. The van der Waals surface area contributed by atoms with E-state index in [2.05, 4.69) is 0 Å². The van der Waals surface area contributed by atoms with E-state index in [0.29, 0.717) is 11.8 Å². The zero-order chi connectivity index (χ0) is 10.7. The normalized spacial score (nSPS) is 23.2. The second kappa shape index (κ2) is 4.23. The van der Waals surface area contributed by atoms with Gasteiger partial charge in [-0.2, -0.15) is 0 Å². The molecule has 15 heavy (non-hydrogen) atoms. The quantitative estimate of drug-likeness (QED) is 0.415. The Morgan fingerprint density at radius 3 is 2.73 bits per heavy atom. The molecule has 0 aromatic heterocycles. The van der Waals surface area contributed by atoms with Crippen molar-refractivity contribution in [1.82, 2.24) is 0 Å². The van der Waals surface area contributed by atoms with Crippen LogP contribution in [0.5, 0.6) is 0 Å². The summed E-state index contributed by atoms with van der Waals surface area (Å²) in [5.74, 6) is -0.393. The van der Waals surface area contributed by atoms with Crippen LogP contribution in [-0.4, -0.2) is 31.1 Å². The molecule has 1 aliphatic heterocycles. The highest BCUT2D eigenvalue weighted by Gasteiger charge is 2.39. The van der Waals surface area contributed by atoms with E-state index in [0.717, 1.165) is 0 Å². The maximum absolute atomic E-state index is 11.4. The van der Waals surface area contributed by atoms with Crippen molar-refractivity contribution < 1.29 is 19.1 Å². The second-order valence-electron chi connectivity index (χ2n) is 3.24. The summed E-state index contributed by atoms with van der Waals surface area (Å²) < 4.78 is 9.87. The van der Waals surface area contributed by atoms with Crippen LogP contribution in [0, 0.1) is 0 Å². The van der Waals surface area contributed by atoms with Gasteiger partial charge < -0.3 is 14.3 Å². The molecule has 1 saturated heterocycles. The number of esters is 1. The third-order valence-corrected chi connectivity index (χ3v) is 2.14. The minimum absolute atomic E-state index is 0.136. The van der Waals surface area contributed by atoms with Crippen LogP contribution in [0.15, 0.2) is 30.3 Å². The van der Waals surface area contributed by atoms with Crippen molar-refractivity contribution in [2.24, 2.45) is 0 Å². The standard InChI is InChI=1S/C11H10O4/c12-6-9-10(15-9)7-14-11(13)8-4-2-1-3-5-8/h1-6,9-10H,7H2/t9-,10-/m0/s1. The molecular formula is C11H10O4. The van der Waals surface area contributed by atoms with Crippen molar-refractivity contribution in [1.29, 1.82) is 0 Å². The van der Waals surface area contributed by atoms with Gasteiger partial charge in [-0.25, -0.2) is 4.79 Å². The highest BCUT2D eigenvalue weighted by Crippen LogP contribution is 2.20. The van der Waals surface area contributed by atoms with Gasteiger partial charge in [-0.3, -0.25) is 0 Å². The van der Waals surface area contributed by atoms with E-state index in [1.165, 1.54) is 0 Å². The Kier molecular flexibility index (Phi) is 2.78. The lowest BCUT2D eigenvalue weighted by molar-refractivity contribution is -0.108. The van der Waals surface area contributed by atoms with Gasteiger partial charge in [-0.15, -0.1) is 0 Å². The topological polar surface area (TPSA) is 55.9 Å². The molecule has 0 N–H and O–H groups in total. The minimum Gasteiger partial charge on any atom is -0.459 e. The lowest BCUT2D eigenvalue weighted by atomic mass is 10.2. The summed E-state index contributed by atoms with van der Waals surface area (Å²) in [7, 11) is 0. The lowest BCUT2D eigenvalue weighted by Crippen LogP contribution is -2.11. The Balaban J connectivity index is 1.81. The van der Waals surface area contributed by atoms with E-state index in [4.69, 9.17) is 9.47 Å². The first-order valence-electron chi connectivity index (χ1n) is 4.64. The van der Waals surface area contributed by atoms with Crippen molar-refractivity contribution in [3.63, 3.8) is 0 Å². The molecule has 78 valence electrons. The van der Waals surface area contributed by atoms with Crippen molar-refractivity contribution in [2.75, 3.05) is 6.61 Å². The Morgan fingerprint density at radius 1 is 1.40 bits per heavy atom. The number of hydrogen-bond acceptors (Lipinski definition) is 4. The summed E-state index contributed by atoms with van der Waals surface area (Å²) in [6, 6.07) is 8.70. The summed E-state index contributed by atoms with van der Waals surface area (Å²) in [6.07, 6.45) is 0.0600. The molecule has 1 fully saturated rings. The van der Waals surface area contributed by atoms with E-state index in [1.807, 2.05) is 6.07 Å². The molecule has 0 radical (unpaired) electrons. The Bertz CT molecular complexity index is 360. The molecule has 0 unspecified atom stereocenters. The van der Waals surface area contributed by atoms with Crippen LogP contribution in [0.1, 0.15) is 10.4 Å². The van der Waals surface area contributed by atoms with Gasteiger partial charge in [-0.05, 0) is 12.1 Å². The maximum atomic E-state index is 11.4. The Labute approximate surface area is 86.8 Å². The number of ether oxygens (including phenoxy) is 2. The monoisotopic (exact) mass is 206 g/mol.